The van der Waals surface area contributed by atoms with Crippen molar-refractivity contribution in [2.24, 2.45) is 0 Å². The number of nitrogens with zero attached hydrogens (tertiary/aromatic N) is 2. The van der Waals surface area contributed by atoms with E-state index >= 15 is 0 Å². The summed E-state index contributed by atoms with van der Waals surface area (Å²) in [6, 6.07) is 16.1. The normalized spacial score (nSPS) is 19.1. The average molecular weight is 543 g/mol. The molecule has 1 saturated heterocycles. The molecule has 0 spiro atoms. The van der Waals surface area contributed by atoms with E-state index in [1.807, 2.05) is 37.3 Å². The van der Waals surface area contributed by atoms with E-state index in [-0.39, 0.29) is 5.60 Å². The minimum atomic E-state index is -0.251. The zero-order valence-corrected chi connectivity index (χ0v) is 24.6. The second-order valence-electron chi connectivity index (χ2n) is 11.3. The number of hydrogen-bond acceptors (Lipinski definition) is 6. The van der Waals surface area contributed by atoms with Gasteiger partial charge in [0.1, 0.15) is 23.7 Å². The monoisotopic (exact) mass is 542 g/mol. The summed E-state index contributed by atoms with van der Waals surface area (Å²) in [5.41, 5.74) is 7.36. The molecule has 6 heteroatoms. The van der Waals surface area contributed by atoms with Crippen LogP contribution in [0.3, 0.4) is 0 Å². The Labute approximate surface area is 238 Å². The van der Waals surface area contributed by atoms with Gasteiger partial charge in [-0.1, -0.05) is 36.4 Å². The number of fused-ring (bicyclic) bond motifs is 1. The van der Waals surface area contributed by atoms with E-state index in [0.29, 0.717) is 24.5 Å². The average Bonchev–Trinajstić information content (AvgIpc) is 2.97. The molecule has 1 unspecified atom stereocenters. The molecule has 0 aromatic heterocycles. The number of hydrogen-bond donors (Lipinski definition) is 0. The van der Waals surface area contributed by atoms with Gasteiger partial charge in [-0.25, -0.2) is 0 Å². The van der Waals surface area contributed by atoms with Gasteiger partial charge in [0.25, 0.3) is 0 Å². The van der Waals surface area contributed by atoms with Gasteiger partial charge in [0, 0.05) is 38.3 Å². The predicted molar refractivity (Wildman–Crippen MR) is 160 cm³/mol. The lowest BCUT2D eigenvalue weighted by atomic mass is 9.86. The first-order chi connectivity index (χ1) is 19.3. The number of carbonyl (C=O) groups excluding carboxylic acids is 1. The number of benzene rings is 3. The topological polar surface area (TPSA) is 51.2 Å². The van der Waals surface area contributed by atoms with Crippen LogP contribution in [0.5, 0.6) is 17.2 Å². The standard InChI is InChI=1S/C34H42N2O4/c1-6-38-33-28(21-37)13-10-14-30(33)36-19-17-35(18-20-36)23-34(5)16-15-29-26(4)31(24(2)25(3)32(29)40-34)39-22-27-11-8-7-9-12-27/h7-14,21H,6,15-20,22-23H2,1-5H3. The van der Waals surface area contributed by atoms with Crippen LogP contribution in [0, 0.1) is 20.8 Å². The Balaban J connectivity index is 1.26. The molecule has 0 N–H and O–H groups in total. The summed E-state index contributed by atoms with van der Waals surface area (Å²) in [6.07, 6.45) is 2.84. The Hall–Kier alpha value is -3.51. The fourth-order valence-corrected chi connectivity index (χ4v) is 6.14. The summed E-state index contributed by atoms with van der Waals surface area (Å²) < 4.78 is 19.1. The van der Waals surface area contributed by atoms with E-state index in [0.717, 1.165) is 74.6 Å². The Morgan fingerprint density at radius 1 is 0.900 bits per heavy atom. The maximum atomic E-state index is 11.6. The lowest BCUT2D eigenvalue weighted by Crippen LogP contribution is -2.54. The predicted octanol–water partition coefficient (Wildman–Crippen LogP) is 6.31. The third-order valence-corrected chi connectivity index (χ3v) is 8.50. The number of carbonyl (C=O) groups is 1. The summed E-state index contributed by atoms with van der Waals surface area (Å²) in [7, 11) is 0. The molecule has 0 saturated carbocycles. The molecule has 2 aliphatic rings. The first kappa shape index (κ1) is 28.0. The molecule has 0 bridgehead atoms. The van der Waals surface area contributed by atoms with Crippen LogP contribution in [0.15, 0.2) is 48.5 Å². The molecule has 3 aromatic carbocycles. The Bertz CT molecular complexity index is 1350. The second-order valence-corrected chi connectivity index (χ2v) is 11.3. The molecule has 1 atom stereocenters. The van der Waals surface area contributed by atoms with Gasteiger partial charge in [0.05, 0.1) is 17.9 Å². The summed E-state index contributed by atoms with van der Waals surface area (Å²) in [5, 5.41) is 0. The highest BCUT2D eigenvalue weighted by Crippen LogP contribution is 2.44. The van der Waals surface area contributed by atoms with Crippen LogP contribution in [-0.2, 0) is 13.0 Å². The van der Waals surface area contributed by atoms with Crippen molar-refractivity contribution in [1.29, 1.82) is 0 Å². The molecular weight excluding hydrogens is 500 g/mol. The first-order valence-corrected chi connectivity index (χ1v) is 14.5. The van der Waals surface area contributed by atoms with Gasteiger partial charge in [-0.05, 0) is 81.8 Å². The molecule has 2 aliphatic heterocycles. The molecule has 0 aliphatic carbocycles. The molecule has 6 nitrogen and oxygen atoms in total. The van der Waals surface area contributed by atoms with Gasteiger partial charge in [-0.15, -0.1) is 0 Å². The Morgan fingerprint density at radius 2 is 1.65 bits per heavy atom. The summed E-state index contributed by atoms with van der Waals surface area (Å²) in [6.45, 7) is 16.3. The number of rotatable bonds is 9. The highest BCUT2D eigenvalue weighted by molar-refractivity contribution is 5.84. The van der Waals surface area contributed by atoms with Gasteiger partial charge >= 0.3 is 0 Å². The van der Waals surface area contributed by atoms with Crippen molar-refractivity contribution in [2.75, 3.05) is 44.2 Å². The molecule has 1 fully saturated rings. The number of anilines is 1. The first-order valence-electron chi connectivity index (χ1n) is 14.5. The fraction of sp³-hybridized carbons (Fsp3) is 0.441. The minimum absolute atomic E-state index is 0.251. The smallest absolute Gasteiger partial charge is 0.153 e. The number of piperazine rings is 1. The van der Waals surface area contributed by atoms with Crippen LogP contribution in [0.2, 0.25) is 0 Å². The van der Waals surface area contributed by atoms with Crippen LogP contribution >= 0.6 is 0 Å². The molecule has 40 heavy (non-hydrogen) atoms. The largest absolute Gasteiger partial charge is 0.491 e. The molecule has 212 valence electrons. The van der Waals surface area contributed by atoms with Crippen molar-refractivity contribution in [3.8, 4) is 17.2 Å². The van der Waals surface area contributed by atoms with Gasteiger partial charge < -0.3 is 19.1 Å². The van der Waals surface area contributed by atoms with Crippen molar-refractivity contribution < 1.29 is 19.0 Å². The fourth-order valence-electron chi connectivity index (χ4n) is 6.14. The highest BCUT2D eigenvalue weighted by Gasteiger charge is 2.37. The molecule has 3 aromatic rings. The van der Waals surface area contributed by atoms with Crippen molar-refractivity contribution in [3.63, 3.8) is 0 Å². The van der Waals surface area contributed by atoms with Crippen LogP contribution in [0.1, 0.15) is 58.4 Å². The van der Waals surface area contributed by atoms with Crippen molar-refractivity contribution in [3.05, 3.63) is 81.9 Å². The molecule has 2 heterocycles. The van der Waals surface area contributed by atoms with E-state index in [2.05, 4.69) is 55.7 Å². The summed E-state index contributed by atoms with van der Waals surface area (Å²) in [5.74, 6) is 2.73. The van der Waals surface area contributed by atoms with Crippen LogP contribution in [-0.4, -0.2) is 56.1 Å². The van der Waals surface area contributed by atoms with Crippen molar-refractivity contribution >= 4 is 12.0 Å². The molecule has 5 rings (SSSR count). The van der Waals surface area contributed by atoms with E-state index < -0.39 is 0 Å². The van der Waals surface area contributed by atoms with Gasteiger partial charge in [-0.3, -0.25) is 9.69 Å². The third kappa shape index (κ3) is 5.68. The van der Waals surface area contributed by atoms with Crippen molar-refractivity contribution in [2.45, 2.75) is 59.7 Å². The quantitative estimate of drug-likeness (QED) is 0.296. The lowest BCUT2D eigenvalue weighted by Gasteiger charge is -2.44. The van der Waals surface area contributed by atoms with E-state index in [1.54, 1.807) is 0 Å². The molecule has 0 amide bonds. The van der Waals surface area contributed by atoms with E-state index in [9.17, 15) is 4.79 Å². The number of para-hydroxylation sites is 1. The number of aldehydes is 1. The Morgan fingerprint density at radius 3 is 2.35 bits per heavy atom. The zero-order chi connectivity index (χ0) is 28.3. The minimum Gasteiger partial charge on any atom is -0.491 e. The highest BCUT2D eigenvalue weighted by atomic mass is 16.5. The SMILES string of the molecule is CCOc1c(C=O)cccc1N1CCN(CC2(C)CCc3c(C)c(OCc4ccccc4)c(C)c(C)c3O2)CC1. The van der Waals surface area contributed by atoms with Crippen LogP contribution in [0.4, 0.5) is 5.69 Å². The zero-order valence-electron chi connectivity index (χ0n) is 24.6. The van der Waals surface area contributed by atoms with Gasteiger partial charge in [0.15, 0.2) is 12.0 Å². The maximum Gasteiger partial charge on any atom is 0.153 e. The lowest BCUT2D eigenvalue weighted by molar-refractivity contribution is 0.0226. The Kier molecular flexibility index (Phi) is 8.36. The summed E-state index contributed by atoms with van der Waals surface area (Å²) >= 11 is 0. The third-order valence-electron chi connectivity index (χ3n) is 8.50. The van der Waals surface area contributed by atoms with Crippen molar-refractivity contribution in [1.82, 2.24) is 4.90 Å². The second kappa shape index (κ2) is 11.9. The van der Waals surface area contributed by atoms with E-state index in [4.69, 9.17) is 14.2 Å². The van der Waals surface area contributed by atoms with Crippen LogP contribution in [0.25, 0.3) is 0 Å². The number of ether oxygens (including phenoxy) is 3. The molecule has 0 radical (unpaired) electrons. The van der Waals surface area contributed by atoms with Gasteiger partial charge in [0.2, 0.25) is 0 Å². The van der Waals surface area contributed by atoms with Gasteiger partial charge in [-0.2, -0.15) is 0 Å². The van der Waals surface area contributed by atoms with E-state index in [1.165, 1.54) is 22.3 Å². The summed E-state index contributed by atoms with van der Waals surface area (Å²) in [4.78, 5) is 16.4. The molecular formula is C34H42N2O4. The maximum absolute atomic E-state index is 11.6. The van der Waals surface area contributed by atoms with Crippen LogP contribution < -0.4 is 19.1 Å².